The summed E-state index contributed by atoms with van der Waals surface area (Å²) in [4.78, 5) is 27.2. The molecule has 0 unspecified atom stereocenters. The molecule has 2 rings (SSSR count). The Balaban J connectivity index is 2.19. The smallest absolute Gasteiger partial charge is 0.396 e. The molecule has 1 aromatic carbocycles. The number of rotatable bonds is 2. The summed E-state index contributed by atoms with van der Waals surface area (Å²) in [7, 11) is 2.76. The van der Waals surface area contributed by atoms with Gasteiger partial charge >= 0.3 is 11.9 Å². The van der Waals surface area contributed by atoms with Crippen molar-refractivity contribution in [1.82, 2.24) is 9.88 Å². The van der Waals surface area contributed by atoms with Gasteiger partial charge in [-0.05, 0) is 11.6 Å². The van der Waals surface area contributed by atoms with Crippen molar-refractivity contribution in [3.63, 3.8) is 0 Å². The zero-order chi connectivity index (χ0) is 13.1. The van der Waals surface area contributed by atoms with Gasteiger partial charge in [0.25, 0.3) is 0 Å². The van der Waals surface area contributed by atoms with Crippen LogP contribution in [0, 0.1) is 0 Å². The lowest BCUT2D eigenvalue weighted by atomic mass is 10.1. The number of aromatic nitrogens is 1. The quantitative estimate of drug-likeness (QED) is 0.641. The second-order valence-electron chi connectivity index (χ2n) is 4.01. The van der Waals surface area contributed by atoms with E-state index in [1.54, 1.807) is 7.05 Å². The van der Waals surface area contributed by atoms with Crippen molar-refractivity contribution in [3.05, 3.63) is 36.0 Å². The third-order valence-electron chi connectivity index (χ3n) is 2.79. The summed E-state index contributed by atoms with van der Waals surface area (Å²) in [5.41, 5.74) is 1.97. The fourth-order valence-corrected chi connectivity index (χ4v) is 1.83. The van der Waals surface area contributed by atoms with Crippen LogP contribution in [-0.2, 0) is 20.9 Å². The fraction of sp³-hybridized carbons (Fsp3) is 0.231. The van der Waals surface area contributed by atoms with Crippen LogP contribution in [0.3, 0.4) is 0 Å². The standard InChI is InChI=1S/C13H14N2O3/c1-15(12(16)13(17)18-2)8-9-7-14-11-6-4-3-5-10(9)11/h3-7,14H,8H2,1-2H3. The molecular formula is C13H14N2O3. The number of benzene rings is 1. The van der Waals surface area contributed by atoms with E-state index in [-0.39, 0.29) is 0 Å². The van der Waals surface area contributed by atoms with E-state index >= 15 is 0 Å². The Bertz CT molecular complexity index is 589. The van der Waals surface area contributed by atoms with E-state index in [0.717, 1.165) is 16.5 Å². The molecule has 0 saturated carbocycles. The van der Waals surface area contributed by atoms with Crippen LogP contribution in [0.1, 0.15) is 5.56 Å². The number of methoxy groups -OCH3 is 1. The number of nitrogens with one attached hydrogen (secondary N) is 1. The Labute approximate surface area is 104 Å². The molecule has 2 aromatic rings. The van der Waals surface area contributed by atoms with Gasteiger partial charge < -0.3 is 14.6 Å². The summed E-state index contributed by atoms with van der Waals surface area (Å²) in [6.07, 6.45) is 1.84. The number of likely N-dealkylation sites (N-methyl/N-ethyl adjacent to an activating group) is 1. The van der Waals surface area contributed by atoms with Gasteiger partial charge in [0.15, 0.2) is 0 Å². The summed E-state index contributed by atoms with van der Waals surface area (Å²) in [6, 6.07) is 7.80. The Morgan fingerprint density at radius 2 is 2.06 bits per heavy atom. The Kier molecular flexibility index (Phi) is 3.32. The highest BCUT2D eigenvalue weighted by molar-refractivity contribution is 6.32. The van der Waals surface area contributed by atoms with Crippen LogP contribution in [0.25, 0.3) is 10.9 Å². The Hall–Kier alpha value is -2.30. The molecule has 18 heavy (non-hydrogen) atoms. The molecule has 1 amide bonds. The first kappa shape index (κ1) is 12.2. The number of carbonyl (C=O) groups is 2. The number of nitrogens with zero attached hydrogens (tertiary/aromatic N) is 1. The highest BCUT2D eigenvalue weighted by atomic mass is 16.5. The van der Waals surface area contributed by atoms with Gasteiger partial charge in [0.05, 0.1) is 7.11 Å². The zero-order valence-electron chi connectivity index (χ0n) is 10.3. The number of aromatic amines is 1. The molecule has 1 heterocycles. The van der Waals surface area contributed by atoms with E-state index in [4.69, 9.17) is 0 Å². The summed E-state index contributed by atoms with van der Waals surface area (Å²) < 4.78 is 4.40. The molecule has 0 radical (unpaired) electrons. The van der Waals surface area contributed by atoms with Crippen LogP contribution >= 0.6 is 0 Å². The summed E-state index contributed by atoms with van der Waals surface area (Å²) >= 11 is 0. The molecule has 94 valence electrons. The van der Waals surface area contributed by atoms with Gasteiger partial charge in [-0.1, -0.05) is 18.2 Å². The normalized spacial score (nSPS) is 10.3. The molecule has 0 atom stereocenters. The monoisotopic (exact) mass is 246 g/mol. The van der Waals surface area contributed by atoms with Crippen molar-refractivity contribution in [2.75, 3.05) is 14.2 Å². The molecule has 5 nitrogen and oxygen atoms in total. The van der Waals surface area contributed by atoms with Crippen LogP contribution in [0.5, 0.6) is 0 Å². The van der Waals surface area contributed by atoms with Gasteiger partial charge in [-0.15, -0.1) is 0 Å². The van der Waals surface area contributed by atoms with Crippen LogP contribution in [0.2, 0.25) is 0 Å². The third kappa shape index (κ3) is 2.20. The second-order valence-corrected chi connectivity index (χ2v) is 4.01. The molecule has 0 bridgehead atoms. The molecule has 0 saturated heterocycles. The first-order valence-corrected chi connectivity index (χ1v) is 5.52. The van der Waals surface area contributed by atoms with Gasteiger partial charge in [0.1, 0.15) is 0 Å². The maximum absolute atomic E-state index is 11.6. The first-order chi connectivity index (χ1) is 8.63. The molecule has 0 aliphatic carbocycles. The van der Waals surface area contributed by atoms with Crippen LogP contribution in [-0.4, -0.2) is 35.9 Å². The Morgan fingerprint density at radius 3 is 2.78 bits per heavy atom. The van der Waals surface area contributed by atoms with E-state index < -0.39 is 11.9 Å². The van der Waals surface area contributed by atoms with Crippen LogP contribution in [0.15, 0.2) is 30.5 Å². The van der Waals surface area contributed by atoms with E-state index in [9.17, 15) is 9.59 Å². The topological polar surface area (TPSA) is 62.4 Å². The average Bonchev–Trinajstić information content (AvgIpc) is 2.80. The molecule has 0 fully saturated rings. The molecule has 1 aromatic heterocycles. The third-order valence-corrected chi connectivity index (χ3v) is 2.79. The number of ether oxygens (including phenoxy) is 1. The summed E-state index contributed by atoms with van der Waals surface area (Å²) in [6.45, 7) is 0.359. The minimum atomic E-state index is -0.850. The number of amides is 1. The number of hydrogen-bond acceptors (Lipinski definition) is 3. The highest BCUT2D eigenvalue weighted by Crippen LogP contribution is 2.18. The predicted molar refractivity (Wildman–Crippen MR) is 66.8 cm³/mol. The molecule has 0 spiro atoms. The Morgan fingerprint density at radius 1 is 1.33 bits per heavy atom. The number of hydrogen-bond donors (Lipinski definition) is 1. The predicted octanol–water partition coefficient (Wildman–Crippen LogP) is 1.30. The summed E-state index contributed by atoms with van der Waals surface area (Å²) in [5.74, 6) is -1.50. The van der Waals surface area contributed by atoms with Crippen molar-refractivity contribution in [1.29, 1.82) is 0 Å². The van der Waals surface area contributed by atoms with Gasteiger partial charge in [0, 0.05) is 30.7 Å². The van der Waals surface area contributed by atoms with Gasteiger partial charge in [-0.3, -0.25) is 4.79 Å². The SMILES string of the molecule is COC(=O)C(=O)N(C)Cc1c[nH]c2ccccc12. The second kappa shape index (κ2) is 4.91. The maximum atomic E-state index is 11.6. The minimum Gasteiger partial charge on any atom is -0.462 e. The van der Waals surface area contributed by atoms with Crippen molar-refractivity contribution in [3.8, 4) is 0 Å². The number of carbonyl (C=O) groups excluding carboxylic acids is 2. The first-order valence-electron chi connectivity index (χ1n) is 5.52. The van der Waals surface area contributed by atoms with Crippen molar-refractivity contribution < 1.29 is 14.3 Å². The van der Waals surface area contributed by atoms with Gasteiger partial charge in [0.2, 0.25) is 0 Å². The number of para-hydroxylation sites is 1. The van der Waals surface area contributed by atoms with Gasteiger partial charge in [-0.25, -0.2) is 4.79 Å². The lowest BCUT2D eigenvalue weighted by Crippen LogP contribution is -2.33. The summed E-state index contributed by atoms with van der Waals surface area (Å²) in [5, 5.41) is 1.04. The van der Waals surface area contributed by atoms with Crippen LogP contribution < -0.4 is 0 Å². The van der Waals surface area contributed by atoms with E-state index in [1.807, 2.05) is 30.5 Å². The maximum Gasteiger partial charge on any atom is 0.396 e. The largest absolute Gasteiger partial charge is 0.462 e. The fourth-order valence-electron chi connectivity index (χ4n) is 1.83. The molecular weight excluding hydrogens is 232 g/mol. The molecule has 0 aliphatic heterocycles. The zero-order valence-corrected chi connectivity index (χ0v) is 10.3. The number of esters is 1. The lowest BCUT2D eigenvalue weighted by molar-refractivity contribution is -0.157. The van der Waals surface area contributed by atoms with Crippen molar-refractivity contribution >= 4 is 22.8 Å². The molecule has 0 aliphatic rings. The molecule has 5 heteroatoms. The van der Waals surface area contributed by atoms with E-state index in [2.05, 4.69) is 9.72 Å². The van der Waals surface area contributed by atoms with Crippen molar-refractivity contribution in [2.24, 2.45) is 0 Å². The average molecular weight is 246 g/mol. The minimum absolute atomic E-state index is 0.359. The molecule has 1 N–H and O–H groups in total. The van der Waals surface area contributed by atoms with Gasteiger partial charge in [-0.2, -0.15) is 0 Å². The number of fused-ring (bicyclic) bond motifs is 1. The highest BCUT2D eigenvalue weighted by Gasteiger charge is 2.19. The lowest BCUT2D eigenvalue weighted by Gasteiger charge is -2.14. The van der Waals surface area contributed by atoms with E-state index in [1.165, 1.54) is 12.0 Å². The van der Waals surface area contributed by atoms with Crippen LogP contribution in [0.4, 0.5) is 0 Å². The van der Waals surface area contributed by atoms with E-state index in [0.29, 0.717) is 6.54 Å². The number of H-pyrrole nitrogens is 1. The van der Waals surface area contributed by atoms with Crippen molar-refractivity contribution in [2.45, 2.75) is 6.54 Å².